The van der Waals surface area contributed by atoms with E-state index in [2.05, 4.69) is 31.1 Å². The van der Waals surface area contributed by atoms with E-state index in [4.69, 9.17) is 4.74 Å². The van der Waals surface area contributed by atoms with Gasteiger partial charge < -0.3 is 10.1 Å². The predicted octanol–water partition coefficient (Wildman–Crippen LogP) is 3.93. The minimum Gasteiger partial charge on any atom is -0.497 e. The molecule has 1 aromatic carbocycles. The van der Waals surface area contributed by atoms with Gasteiger partial charge in [-0.1, -0.05) is 39.0 Å². The molecule has 0 saturated heterocycles. The molecule has 0 spiro atoms. The number of pyridine rings is 1. The summed E-state index contributed by atoms with van der Waals surface area (Å²) in [7, 11) is 1.63. The number of carbonyl (C=O) groups excluding carboxylic acids is 1. The van der Waals surface area contributed by atoms with Crippen LogP contribution in [0.3, 0.4) is 0 Å². The minimum atomic E-state index is -0.0446. The van der Waals surface area contributed by atoms with E-state index in [9.17, 15) is 4.79 Å². The van der Waals surface area contributed by atoms with Crippen LogP contribution in [0.5, 0.6) is 5.75 Å². The monoisotopic (exact) mass is 326 g/mol. The fourth-order valence-corrected chi connectivity index (χ4v) is 2.66. The third-order valence-corrected chi connectivity index (χ3v) is 3.74. The van der Waals surface area contributed by atoms with Gasteiger partial charge >= 0.3 is 0 Å². The van der Waals surface area contributed by atoms with Crippen molar-refractivity contribution in [3.8, 4) is 5.75 Å². The van der Waals surface area contributed by atoms with Crippen LogP contribution >= 0.6 is 0 Å². The first-order valence-corrected chi connectivity index (χ1v) is 8.19. The van der Waals surface area contributed by atoms with Gasteiger partial charge in [-0.3, -0.25) is 9.78 Å². The first kappa shape index (κ1) is 18.0. The first-order valence-electron chi connectivity index (χ1n) is 8.19. The molecule has 0 saturated carbocycles. The Bertz CT molecular complexity index is 663. The molecule has 2 rings (SSSR count). The Morgan fingerprint density at radius 3 is 2.67 bits per heavy atom. The van der Waals surface area contributed by atoms with Gasteiger partial charge in [-0.05, 0) is 41.2 Å². The van der Waals surface area contributed by atoms with Gasteiger partial charge in [0.1, 0.15) is 5.75 Å². The van der Waals surface area contributed by atoms with Crippen LogP contribution < -0.4 is 10.1 Å². The summed E-state index contributed by atoms with van der Waals surface area (Å²) in [6, 6.07) is 11.5. The second-order valence-electron chi connectivity index (χ2n) is 7.20. The zero-order valence-corrected chi connectivity index (χ0v) is 14.9. The van der Waals surface area contributed by atoms with E-state index in [1.807, 2.05) is 42.6 Å². The normalized spacial score (nSPS) is 12.5. The highest BCUT2D eigenvalue weighted by Gasteiger charge is 2.22. The van der Waals surface area contributed by atoms with Gasteiger partial charge in [-0.25, -0.2) is 0 Å². The molecule has 0 unspecified atom stereocenters. The maximum absolute atomic E-state index is 12.5. The number of hydrogen-bond donors (Lipinski definition) is 1. The topological polar surface area (TPSA) is 51.2 Å². The fraction of sp³-hybridized carbons (Fsp3) is 0.400. The summed E-state index contributed by atoms with van der Waals surface area (Å²) >= 11 is 0. The number of benzene rings is 1. The van der Waals surface area contributed by atoms with Gasteiger partial charge in [-0.15, -0.1) is 0 Å². The number of methoxy groups -OCH3 is 1. The lowest BCUT2D eigenvalue weighted by molar-refractivity contribution is -0.121. The van der Waals surface area contributed by atoms with Crippen molar-refractivity contribution in [2.45, 2.75) is 39.7 Å². The molecule has 0 aliphatic rings. The number of hydrogen-bond acceptors (Lipinski definition) is 3. The smallest absolute Gasteiger partial charge is 0.224 e. The van der Waals surface area contributed by atoms with Crippen molar-refractivity contribution in [2.24, 2.45) is 5.41 Å². The molecular formula is C20H26N2O2. The number of aromatic nitrogens is 1. The van der Waals surface area contributed by atoms with E-state index in [0.29, 0.717) is 6.42 Å². The average molecular weight is 326 g/mol. The number of rotatable bonds is 6. The van der Waals surface area contributed by atoms with Crippen LogP contribution in [0.4, 0.5) is 0 Å². The molecule has 128 valence electrons. The molecule has 0 bridgehead atoms. The highest BCUT2D eigenvalue weighted by Crippen LogP contribution is 2.29. The number of nitrogens with one attached hydrogen (secondary N) is 1. The highest BCUT2D eigenvalue weighted by molar-refractivity contribution is 5.79. The molecule has 1 N–H and O–H groups in total. The third-order valence-electron chi connectivity index (χ3n) is 3.74. The van der Waals surface area contributed by atoms with Crippen LogP contribution in [0.25, 0.3) is 0 Å². The molecule has 1 atom stereocenters. The quantitative estimate of drug-likeness (QED) is 0.875. The SMILES string of the molecule is COc1cccc(CC(=O)N[C@@H](CC(C)(C)C)c2cccnc2)c1. The van der Waals surface area contributed by atoms with E-state index in [0.717, 1.165) is 23.3 Å². The maximum atomic E-state index is 12.5. The second-order valence-corrected chi connectivity index (χ2v) is 7.20. The summed E-state index contributed by atoms with van der Waals surface area (Å²) in [6.07, 6.45) is 4.75. The van der Waals surface area contributed by atoms with Gasteiger partial charge in [0.2, 0.25) is 5.91 Å². The van der Waals surface area contributed by atoms with E-state index >= 15 is 0 Å². The van der Waals surface area contributed by atoms with Gasteiger partial charge in [0.25, 0.3) is 0 Å². The van der Waals surface area contributed by atoms with Crippen LogP contribution in [-0.4, -0.2) is 18.0 Å². The Balaban J connectivity index is 2.09. The molecule has 1 heterocycles. The van der Waals surface area contributed by atoms with E-state index in [1.54, 1.807) is 13.3 Å². The molecule has 0 radical (unpaired) electrons. The van der Waals surface area contributed by atoms with Crippen molar-refractivity contribution in [2.75, 3.05) is 7.11 Å². The Hall–Kier alpha value is -2.36. The zero-order chi connectivity index (χ0) is 17.6. The Morgan fingerprint density at radius 1 is 1.25 bits per heavy atom. The van der Waals surface area contributed by atoms with E-state index in [-0.39, 0.29) is 17.4 Å². The molecule has 1 amide bonds. The molecule has 2 aromatic rings. The molecule has 4 nitrogen and oxygen atoms in total. The van der Waals surface area contributed by atoms with Crippen molar-refractivity contribution in [3.05, 3.63) is 59.9 Å². The molecule has 24 heavy (non-hydrogen) atoms. The lowest BCUT2D eigenvalue weighted by Gasteiger charge is -2.27. The van der Waals surface area contributed by atoms with Gasteiger partial charge in [-0.2, -0.15) is 0 Å². The summed E-state index contributed by atoms with van der Waals surface area (Å²) < 4.78 is 5.21. The van der Waals surface area contributed by atoms with E-state index in [1.165, 1.54) is 0 Å². The van der Waals surface area contributed by atoms with Crippen LogP contribution in [0.1, 0.15) is 44.4 Å². The van der Waals surface area contributed by atoms with E-state index < -0.39 is 0 Å². The van der Waals surface area contributed by atoms with Gasteiger partial charge in [0.15, 0.2) is 0 Å². The van der Waals surface area contributed by atoms with Crippen molar-refractivity contribution in [1.82, 2.24) is 10.3 Å². The Kier molecular flexibility index (Phi) is 5.96. The number of carbonyl (C=O) groups is 1. The average Bonchev–Trinajstić information content (AvgIpc) is 2.54. The summed E-state index contributed by atoms with van der Waals surface area (Å²) in [5, 5.41) is 3.16. The first-order chi connectivity index (χ1) is 11.4. The van der Waals surface area contributed by atoms with Crippen LogP contribution in [0.15, 0.2) is 48.8 Å². The molecule has 0 aliphatic carbocycles. The summed E-state index contributed by atoms with van der Waals surface area (Å²) in [5.74, 6) is 0.764. The summed E-state index contributed by atoms with van der Waals surface area (Å²) in [5.41, 5.74) is 2.07. The fourth-order valence-electron chi connectivity index (χ4n) is 2.66. The predicted molar refractivity (Wildman–Crippen MR) is 95.9 cm³/mol. The molecule has 4 heteroatoms. The molecule has 0 aliphatic heterocycles. The van der Waals surface area contributed by atoms with Crippen molar-refractivity contribution < 1.29 is 9.53 Å². The maximum Gasteiger partial charge on any atom is 0.224 e. The summed E-state index contributed by atoms with van der Waals surface area (Å²) in [4.78, 5) is 16.7. The van der Waals surface area contributed by atoms with Crippen LogP contribution in [0.2, 0.25) is 0 Å². The summed E-state index contributed by atoms with van der Waals surface area (Å²) in [6.45, 7) is 6.51. The van der Waals surface area contributed by atoms with Gasteiger partial charge in [0.05, 0.1) is 19.6 Å². The Morgan fingerprint density at radius 2 is 2.04 bits per heavy atom. The lowest BCUT2D eigenvalue weighted by atomic mass is 9.85. The van der Waals surface area contributed by atoms with Gasteiger partial charge in [0, 0.05) is 12.4 Å². The van der Waals surface area contributed by atoms with Crippen molar-refractivity contribution >= 4 is 5.91 Å². The van der Waals surface area contributed by atoms with Crippen molar-refractivity contribution in [3.63, 3.8) is 0 Å². The number of amides is 1. The Labute approximate surface area is 144 Å². The third kappa shape index (κ3) is 5.69. The lowest BCUT2D eigenvalue weighted by Crippen LogP contribution is -2.32. The van der Waals surface area contributed by atoms with Crippen LogP contribution in [0, 0.1) is 5.41 Å². The molecule has 1 aromatic heterocycles. The molecular weight excluding hydrogens is 300 g/mol. The standard InChI is InChI=1S/C20H26N2O2/c1-20(2,3)13-18(16-8-6-10-21-14-16)22-19(23)12-15-7-5-9-17(11-15)24-4/h5-11,14,18H,12-13H2,1-4H3,(H,22,23)/t18-/m0/s1. The minimum absolute atomic E-state index is 0.00126. The van der Waals surface area contributed by atoms with Crippen LogP contribution in [-0.2, 0) is 11.2 Å². The number of ether oxygens (including phenoxy) is 1. The largest absolute Gasteiger partial charge is 0.497 e. The van der Waals surface area contributed by atoms with Crippen molar-refractivity contribution in [1.29, 1.82) is 0 Å². The number of nitrogens with zero attached hydrogens (tertiary/aromatic N) is 1. The molecule has 0 fully saturated rings. The zero-order valence-electron chi connectivity index (χ0n) is 14.9. The highest BCUT2D eigenvalue weighted by atomic mass is 16.5. The second kappa shape index (κ2) is 7.95.